The summed E-state index contributed by atoms with van der Waals surface area (Å²) < 4.78 is 34.5. The SMILES string of the molecule is NC(c1ccccc1)c1noc(-c2cncc(OCC(F)F)c2)n1. The molecule has 1 aromatic carbocycles. The van der Waals surface area contributed by atoms with Crippen molar-refractivity contribution in [3.63, 3.8) is 0 Å². The second kappa shape index (κ2) is 7.14. The van der Waals surface area contributed by atoms with Gasteiger partial charge in [-0.05, 0) is 11.6 Å². The first kappa shape index (κ1) is 16.0. The Labute approximate surface area is 136 Å². The number of hydrogen-bond acceptors (Lipinski definition) is 6. The third-order valence-electron chi connectivity index (χ3n) is 3.21. The van der Waals surface area contributed by atoms with Crippen LogP contribution in [0.2, 0.25) is 0 Å². The van der Waals surface area contributed by atoms with Crippen LogP contribution >= 0.6 is 0 Å². The van der Waals surface area contributed by atoms with Crippen LogP contribution in [0.5, 0.6) is 5.75 Å². The predicted molar refractivity (Wildman–Crippen MR) is 81.5 cm³/mol. The zero-order valence-electron chi connectivity index (χ0n) is 12.5. The smallest absolute Gasteiger partial charge is 0.272 e. The lowest BCUT2D eigenvalue weighted by atomic mass is 10.1. The molecule has 0 radical (unpaired) electrons. The van der Waals surface area contributed by atoms with Gasteiger partial charge in [0, 0.05) is 6.20 Å². The Morgan fingerprint density at radius 3 is 2.71 bits per heavy atom. The first-order valence-corrected chi connectivity index (χ1v) is 7.14. The summed E-state index contributed by atoms with van der Waals surface area (Å²) in [5.74, 6) is 0.696. The van der Waals surface area contributed by atoms with Gasteiger partial charge >= 0.3 is 0 Å². The molecule has 3 aromatic rings. The highest BCUT2D eigenvalue weighted by atomic mass is 19.3. The first-order valence-electron chi connectivity index (χ1n) is 7.14. The maximum Gasteiger partial charge on any atom is 0.272 e. The summed E-state index contributed by atoms with van der Waals surface area (Å²) in [7, 11) is 0. The number of hydrogen-bond donors (Lipinski definition) is 1. The van der Waals surface area contributed by atoms with E-state index in [0.717, 1.165) is 5.56 Å². The van der Waals surface area contributed by atoms with Crippen LogP contribution in [0.3, 0.4) is 0 Å². The van der Waals surface area contributed by atoms with Crippen molar-refractivity contribution in [2.75, 3.05) is 6.61 Å². The van der Waals surface area contributed by atoms with E-state index < -0.39 is 19.1 Å². The molecule has 24 heavy (non-hydrogen) atoms. The van der Waals surface area contributed by atoms with Crippen molar-refractivity contribution in [1.29, 1.82) is 0 Å². The Hall–Kier alpha value is -2.87. The van der Waals surface area contributed by atoms with Gasteiger partial charge in [-0.1, -0.05) is 35.5 Å². The van der Waals surface area contributed by atoms with E-state index in [0.29, 0.717) is 11.4 Å². The largest absolute Gasteiger partial charge is 0.486 e. The lowest BCUT2D eigenvalue weighted by molar-refractivity contribution is 0.0817. The number of rotatable bonds is 6. The van der Waals surface area contributed by atoms with Gasteiger partial charge in [-0.25, -0.2) is 8.78 Å². The number of benzene rings is 1. The molecule has 2 aromatic heterocycles. The highest BCUT2D eigenvalue weighted by Crippen LogP contribution is 2.24. The van der Waals surface area contributed by atoms with Gasteiger partial charge in [0.2, 0.25) is 0 Å². The summed E-state index contributed by atoms with van der Waals surface area (Å²) in [4.78, 5) is 8.17. The number of nitrogens with two attached hydrogens (primary N) is 1. The molecule has 0 aliphatic heterocycles. The number of nitrogens with zero attached hydrogens (tertiary/aromatic N) is 3. The first-order chi connectivity index (χ1) is 11.6. The molecule has 2 heterocycles. The van der Waals surface area contributed by atoms with E-state index in [1.165, 1.54) is 18.5 Å². The Morgan fingerprint density at radius 1 is 1.17 bits per heavy atom. The standard InChI is InChI=1S/C16H14F2N4O2/c17-13(18)9-23-12-6-11(7-20-8-12)16-21-15(22-24-16)14(19)10-4-2-1-3-5-10/h1-8,13-14H,9,19H2. The summed E-state index contributed by atoms with van der Waals surface area (Å²) in [5.41, 5.74) is 7.41. The average Bonchev–Trinajstić information content (AvgIpc) is 3.10. The van der Waals surface area contributed by atoms with E-state index in [1.54, 1.807) is 0 Å². The summed E-state index contributed by atoms with van der Waals surface area (Å²) >= 11 is 0. The lowest BCUT2D eigenvalue weighted by Gasteiger charge is -2.06. The van der Waals surface area contributed by atoms with E-state index in [1.807, 2.05) is 30.3 Å². The highest BCUT2D eigenvalue weighted by molar-refractivity contribution is 5.53. The number of aromatic nitrogens is 3. The zero-order valence-corrected chi connectivity index (χ0v) is 12.5. The summed E-state index contributed by atoms with van der Waals surface area (Å²) in [6.07, 6.45) is 0.243. The second-order valence-electron chi connectivity index (χ2n) is 4.96. The fourth-order valence-corrected chi connectivity index (χ4v) is 2.06. The van der Waals surface area contributed by atoms with Gasteiger partial charge < -0.3 is 15.0 Å². The molecule has 6 nitrogen and oxygen atoms in total. The Bertz CT molecular complexity index is 796. The molecule has 0 saturated carbocycles. The van der Waals surface area contributed by atoms with Crippen molar-refractivity contribution >= 4 is 0 Å². The van der Waals surface area contributed by atoms with Crippen LogP contribution in [-0.4, -0.2) is 28.2 Å². The molecule has 3 rings (SSSR count). The van der Waals surface area contributed by atoms with Crippen molar-refractivity contribution in [1.82, 2.24) is 15.1 Å². The molecule has 0 aliphatic rings. The molecule has 0 saturated heterocycles. The van der Waals surface area contributed by atoms with Gasteiger partial charge in [0.1, 0.15) is 12.4 Å². The van der Waals surface area contributed by atoms with Gasteiger partial charge in [-0.2, -0.15) is 4.98 Å². The van der Waals surface area contributed by atoms with Crippen molar-refractivity contribution in [3.05, 3.63) is 60.2 Å². The fourth-order valence-electron chi connectivity index (χ4n) is 2.06. The third kappa shape index (κ3) is 3.72. The summed E-state index contributed by atoms with van der Waals surface area (Å²) in [6.45, 7) is -0.709. The van der Waals surface area contributed by atoms with Crippen LogP contribution in [0, 0.1) is 0 Å². The van der Waals surface area contributed by atoms with Crippen LogP contribution in [0.1, 0.15) is 17.4 Å². The molecule has 8 heteroatoms. The van der Waals surface area contributed by atoms with Gasteiger partial charge in [0.15, 0.2) is 5.82 Å². The van der Waals surface area contributed by atoms with E-state index in [9.17, 15) is 8.78 Å². The topological polar surface area (TPSA) is 87.1 Å². The molecule has 0 amide bonds. The van der Waals surface area contributed by atoms with Crippen molar-refractivity contribution in [3.8, 4) is 17.2 Å². The quantitative estimate of drug-likeness (QED) is 0.747. The van der Waals surface area contributed by atoms with Gasteiger partial charge in [-0.15, -0.1) is 0 Å². The Balaban J connectivity index is 1.79. The van der Waals surface area contributed by atoms with Gasteiger partial charge in [-0.3, -0.25) is 4.98 Å². The maximum atomic E-state index is 12.2. The molecule has 0 fully saturated rings. The molecule has 1 atom stereocenters. The highest BCUT2D eigenvalue weighted by Gasteiger charge is 2.17. The molecule has 0 aliphatic carbocycles. The molecule has 2 N–H and O–H groups in total. The maximum absolute atomic E-state index is 12.2. The number of halogens is 2. The van der Waals surface area contributed by atoms with Crippen LogP contribution in [0.4, 0.5) is 8.78 Å². The van der Waals surface area contributed by atoms with Crippen LogP contribution in [-0.2, 0) is 0 Å². The molecule has 124 valence electrons. The monoisotopic (exact) mass is 332 g/mol. The predicted octanol–water partition coefficient (Wildman–Crippen LogP) is 2.82. The molecule has 0 bridgehead atoms. The molecule has 0 spiro atoms. The van der Waals surface area contributed by atoms with Gasteiger partial charge in [0.05, 0.1) is 17.8 Å². The van der Waals surface area contributed by atoms with Crippen LogP contribution < -0.4 is 10.5 Å². The van der Waals surface area contributed by atoms with E-state index in [2.05, 4.69) is 15.1 Å². The Kier molecular flexibility index (Phi) is 4.76. The average molecular weight is 332 g/mol. The summed E-state index contributed by atoms with van der Waals surface area (Å²) in [5, 5.41) is 3.87. The summed E-state index contributed by atoms with van der Waals surface area (Å²) in [6, 6.07) is 10.3. The number of pyridine rings is 1. The molecule has 1 unspecified atom stereocenters. The zero-order chi connectivity index (χ0) is 16.9. The number of alkyl halides is 2. The third-order valence-corrected chi connectivity index (χ3v) is 3.21. The van der Waals surface area contributed by atoms with E-state index in [4.69, 9.17) is 15.0 Å². The minimum atomic E-state index is -2.56. The van der Waals surface area contributed by atoms with Crippen LogP contribution in [0.15, 0.2) is 53.3 Å². The van der Waals surface area contributed by atoms with Crippen molar-refractivity contribution in [2.24, 2.45) is 5.73 Å². The van der Waals surface area contributed by atoms with Crippen molar-refractivity contribution in [2.45, 2.75) is 12.5 Å². The van der Waals surface area contributed by atoms with E-state index >= 15 is 0 Å². The minimum Gasteiger partial charge on any atom is -0.486 e. The minimum absolute atomic E-state index is 0.186. The van der Waals surface area contributed by atoms with E-state index in [-0.39, 0.29) is 11.6 Å². The Morgan fingerprint density at radius 2 is 1.96 bits per heavy atom. The normalized spacial score (nSPS) is 12.3. The number of ether oxygens (including phenoxy) is 1. The van der Waals surface area contributed by atoms with Crippen LogP contribution in [0.25, 0.3) is 11.5 Å². The van der Waals surface area contributed by atoms with Gasteiger partial charge in [0.25, 0.3) is 12.3 Å². The second-order valence-corrected chi connectivity index (χ2v) is 4.96. The molecular formula is C16H14F2N4O2. The molecular weight excluding hydrogens is 318 g/mol. The lowest BCUT2D eigenvalue weighted by Crippen LogP contribution is -2.13. The fraction of sp³-hybridized carbons (Fsp3) is 0.188. The van der Waals surface area contributed by atoms with Crippen molar-refractivity contribution < 1.29 is 18.0 Å².